The Balaban J connectivity index is 2.01. The second-order valence-corrected chi connectivity index (χ2v) is 4.91. The smallest absolute Gasteiger partial charge is 0.283 e. The van der Waals surface area contributed by atoms with Crippen LogP contribution in [0.4, 0.5) is 17.6 Å². The Morgan fingerprint density at radius 1 is 0.880 bits per heavy atom. The Labute approximate surface area is 136 Å². The lowest BCUT2D eigenvalue weighted by molar-refractivity contribution is 0.0514. The van der Waals surface area contributed by atoms with Crippen LogP contribution in [0.5, 0.6) is 5.75 Å². The minimum Gasteiger partial charge on any atom is -0.507 e. The van der Waals surface area contributed by atoms with E-state index in [1.54, 1.807) is 5.43 Å². The number of imide groups is 1. The Kier molecular flexibility index (Phi) is 3.67. The Morgan fingerprint density at radius 2 is 1.36 bits per heavy atom. The highest BCUT2D eigenvalue weighted by Gasteiger charge is 2.45. The van der Waals surface area contributed by atoms with Crippen LogP contribution in [0.1, 0.15) is 31.1 Å². The van der Waals surface area contributed by atoms with E-state index in [9.17, 15) is 37.1 Å². The van der Waals surface area contributed by atoms with Crippen LogP contribution in [0, 0.1) is 23.3 Å². The van der Waals surface area contributed by atoms with Crippen LogP contribution in [-0.2, 0) is 0 Å². The molecule has 0 saturated carbocycles. The number of amides is 3. The van der Waals surface area contributed by atoms with Crippen molar-refractivity contribution in [2.75, 3.05) is 0 Å². The van der Waals surface area contributed by atoms with Gasteiger partial charge in [0.2, 0.25) is 0 Å². The van der Waals surface area contributed by atoms with Crippen LogP contribution in [-0.4, -0.2) is 27.8 Å². The number of phenolic OH excluding ortho intramolecular Hbond substituents is 1. The molecule has 1 heterocycles. The van der Waals surface area contributed by atoms with Crippen LogP contribution in [0.25, 0.3) is 0 Å². The van der Waals surface area contributed by atoms with Crippen molar-refractivity contribution in [1.29, 1.82) is 0 Å². The lowest BCUT2D eigenvalue weighted by Gasteiger charge is -2.15. The Bertz CT molecular complexity index is 914. The average molecular weight is 354 g/mol. The summed E-state index contributed by atoms with van der Waals surface area (Å²) in [6, 6.07) is 5.04. The van der Waals surface area contributed by atoms with E-state index in [1.807, 2.05) is 0 Å². The number of carbonyl (C=O) groups is 3. The summed E-state index contributed by atoms with van der Waals surface area (Å²) >= 11 is 0. The van der Waals surface area contributed by atoms with Crippen LogP contribution < -0.4 is 5.43 Å². The standard InChI is InChI=1S/C15H6F4N2O4/c16-9-7-8(10(17)12(19)11(9)18)15(25)21(14(7)24)20-13(23)5-3-1-2-4-6(5)22/h1-4,22H,(H,20,23). The van der Waals surface area contributed by atoms with Gasteiger partial charge in [-0.15, -0.1) is 0 Å². The van der Waals surface area contributed by atoms with Crippen molar-refractivity contribution in [3.8, 4) is 5.75 Å². The minimum absolute atomic E-state index is 0.0928. The molecule has 25 heavy (non-hydrogen) atoms. The SMILES string of the molecule is O=C(NN1C(=O)c2c(F)c(F)c(F)c(F)c2C1=O)c1ccccc1O. The molecule has 0 aromatic heterocycles. The molecule has 0 bridgehead atoms. The van der Waals surface area contributed by atoms with Gasteiger partial charge in [0.1, 0.15) is 5.75 Å². The molecule has 128 valence electrons. The molecule has 0 spiro atoms. The predicted octanol–water partition coefficient (Wildman–Crippen LogP) is 1.89. The van der Waals surface area contributed by atoms with Crippen molar-refractivity contribution in [2.45, 2.75) is 0 Å². The first kappa shape index (κ1) is 16.4. The van der Waals surface area contributed by atoms with Gasteiger partial charge in [0.25, 0.3) is 17.7 Å². The van der Waals surface area contributed by atoms with Gasteiger partial charge in [0.15, 0.2) is 23.3 Å². The number of hydrazine groups is 1. The molecule has 0 radical (unpaired) electrons. The molecule has 2 aromatic rings. The fourth-order valence-electron chi connectivity index (χ4n) is 2.28. The Morgan fingerprint density at radius 3 is 1.84 bits per heavy atom. The van der Waals surface area contributed by atoms with Gasteiger partial charge in [-0.1, -0.05) is 12.1 Å². The van der Waals surface area contributed by atoms with Crippen molar-refractivity contribution in [3.63, 3.8) is 0 Å². The molecule has 2 aromatic carbocycles. The quantitative estimate of drug-likeness (QED) is 0.373. The van der Waals surface area contributed by atoms with E-state index < -0.39 is 57.9 Å². The molecule has 10 heteroatoms. The van der Waals surface area contributed by atoms with E-state index in [0.717, 1.165) is 12.1 Å². The number of rotatable bonds is 2. The lowest BCUT2D eigenvalue weighted by Crippen LogP contribution is -2.46. The van der Waals surface area contributed by atoms with Crippen LogP contribution >= 0.6 is 0 Å². The number of aromatic hydroxyl groups is 1. The predicted molar refractivity (Wildman–Crippen MR) is 72.3 cm³/mol. The van der Waals surface area contributed by atoms with Gasteiger partial charge in [0, 0.05) is 0 Å². The maximum absolute atomic E-state index is 13.7. The summed E-state index contributed by atoms with van der Waals surface area (Å²) in [7, 11) is 0. The van der Waals surface area contributed by atoms with Crippen LogP contribution in [0.15, 0.2) is 24.3 Å². The van der Waals surface area contributed by atoms with Gasteiger partial charge in [-0.3, -0.25) is 19.8 Å². The molecule has 0 atom stereocenters. The Hall–Kier alpha value is -3.43. The summed E-state index contributed by atoms with van der Waals surface area (Å²) in [4.78, 5) is 36.1. The monoisotopic (exact) mass is 354 g/mol. The van der Waals surface area contributed by atoms with Crippen molar-refractivity contribution in [3.05, 3.63) is 64.2 Å². The molecule has 6 nitrogen and oxygen atoms in total. The fourth-order valence-corrected chi connectivity index (χ4v) is 2.28. The summed E-state index contributed by atoms with van der Waals surface area (Å²) in [5, 5.41) is 9.46. The first-order valence-electron chi connectivity index (χ1n) is 6.59. The second-order valence-electron chi connectivity index (χ2n) is 4.91. The number of phenols is 1. The topological polar surface area (TPSA) is 86.7 Å². The molecule has 3 rings (SSSR count). The zero-order chi connectivity index (χ0) is 18.5. The third-order valence-corrected chi connectivity index (χ3v) is 3.46. The summed E-state index contributed by atoms with van der Waals surface area (Å²) < 4.78 is 54.0. The van der Waals surface area contributed by atoms with E-state index in [0.29, 0.717) is 0 Å². The maximum atomic E-state index is 13.7. The average Bonchev–Trinajstić information content (AvgIpc) is 2.83. The van der Waals surface area contributed by atoms with Crippen molar-refractivity contribution in [1.82, 2.24) is 10.4 Å². The van der Waals surface area contributed by atoms with Gasteiger partial charge in [-0.25, -0.2) is 17.6 Å². The highest BCUT2D eigenvalue weighted by atomic mass is 19.2. The lowest BCUT2D eigenvalue weighted by atomic mass is 10.1. The molecule has 0 unspecified atom stereocenters. The van der Waals surface area contributed by atoms with Crippen molar-refractivity contribution < 1.29 is 37.1 Å². The molecule has 0 fully saturated rings. The number of para-hydroxylation sites is 1. The first-order valence-corrected chi connectivity index (χ1v) is 6.59. The molecule has 3 amide bonds. The summed E-state index contributed by atoms with van der Waals surface area (Å²) in [6.45, 7) is 0. The number of halogens is 4. The van der Waals surface area contributed by atoms with Crippen molar-refractivity contribution >= 4 is 17.7 Å². The van der Waals surface area contributed by atoms with Gasteiger partial charge < -0.3 is 5.11 Å². The summed E-state index contributed by atoms with van der Waals surface area (Å²) in [5.41, 5.74) is -1.29. The van der Waals surface area contributed by atoms with Gasteiger partial charge in [-0.2, -0.15) is 5.01 Å². The number of hydrogen-bond donors (Lipinski definition) is 2. The molecular weight excluding hydrogens is 348 g/mol. The third kappa shape index (κ3) is 2.30. The van der Waals surface area contributed by atoms with E-state index >= 15 is 0 Å². The minimum atomic E-state index is -2.26. The highest BCUT2D eigenvalue weighted by molar-refractivity contribution is 6.22. The van der Waals surface area contributed by atoms with Crippen LogP contribution in [0.3, 0.4) is 0 Å². The molecule has 1 aliphatic rings. The van der Waals surface area contributed by atoms with E-state index in [2.05, 4.69) is 0 Å². The number of nitrogens with zero attached hydrogens (tertiary/aromatic N) is 1. The van der Waals surface area contributed by atoms with E-state index in [1.165, 1.54) is 12.1 Å². The van der Waals surface area contributed by atoms with Crippen molar-refractivity contribution in [2.24, 2.45) is 0 Å². The number of hydrogen-bond acceptors (Lipinski definition) is 4. The van der Waals surface area contributed by atoms with E-state index in [4.69, 9.17) is 0 Å². The fraction of sp³-hybridized carbons (Fsp3) is 0. The number of fused-ring (bicyclic) bond motifs is 1. The molecule has 0 saturated heterocycles. The summed E-state index contributed by atoms with van der Waals surface area (Å²) in [5.74, 6) is -13.4. The van der Waals surface area contributed by atoms with Gasteiger partial charge in [0.05, 0.1) is 16.7 Å². The molecule has 1 aliphatic heterocycles. The largest absolute Gasteiger partial charge is 0.507 e. The molecule has 2 N–H and O–H groups in total. The zero-order valence-corrected chi connectivity index (χ0v) is 11.9. The second kappa shape index (κ2) is 5.58. The summed E-state index contributed by atoms with van der Waals surface area (Å²) in [6.07, 6.45) is 0. The maximum Gasteiger partial charge on any atom is 0.283 e. The number of carbonyl (C=O) groups excluding carboxylic acids is 3. The van der Waals surface area contributed by atoms with E-state index in [-0.39, 0.29) is 10.6 Å². The number of benzene rings is 2. The highest BCUT2D eigenvalue weighted by Crippen LogP contribution is 2.31. The normalized spacial score (nSPS) is 13.2. The van der Waals surface area contributed by atoms with Gasteiger partial charge >= 0.3 is 0 Å². The molecular formula is C15H6F4N2O4. The molecule has 0 aliphatic carbocycles. The van der Waals surface area contributed by atoms with Crippen LogP contribution in [0.2, 0.25) is 0 Å². The third-order valence-electron chi connectivity index (χ3n) is 3.46. The zero-order valence-electron chi connectivity index (χ0n) is 11.9. The first-order chi connectivity index (χ1) is 11.8. The number of nitrogens with one attached hydrogen (secondary N) is 1. The van der Waals surface area contributed by atoms with Gasteiger partial charge in [-0.05, 0) is 12.1 Å².